The lowest BCUT2D eigenvalue weighted by molar-refractivity contribution is 0.424. The summed E-state index contributed by atoms with van der Waals surface area (Å²) >= 11 is 0. The number of ether oxygens (including phenoxy) is 1. The number of aryl methyl sites for hydroxylation is 1. The van der Waals surface area contributed by atoms with Gasteiger partial charge in [-0.3, -0.25) is 14.8 Å². The molecule has 0 radical (unpaired) electrons. The molecule has 1 aliphatic heterocycles. The van der Waals surface area contributed by atoms with Crippen LogP contribution in [0.2, 0.25) is 0 Å². The Hall–Kier alpha value is -2.30. The SMILES string of the molecule is Cc1ccc2c(c1)C(C)c1c([nH]c(=O)[nH]c1=O)O2. The van der Waals surface area contributed by atoms with Gasteiger partial charge in [0, 0.05) is 11.5 Å². The van der Waals surface area contributed by atoms with Gasteiger partial charge in [-0.2, -0.15) is 0 Å². The lowest BCUT2D eigenvalue weighted by Gasteiger charge is -2.24. The Bertz CT molecular complexity index is 743. The Kier molecular flexibility index (Phi) is 2.16. The van der Waals surface area contributed by atoms with Crippen molar-refractivity contribution in [3.63, 3.8) is 0 Å². The van der Waals surface area contributed by atoms with Gasteiger partial charge in [0.1, 0.15) is 5.75 Å². The molecule has 0 bridgehead atoms. The van der Waals surface area contributed by atoms with Crippen LogP contribution in [0.15, 0.2) is 27.8 Å². The molecule has 0 aliphatic carbocycles. The van der Waals surface area contributed by atoms with Crippen molar-refractivity contribution in [3.05, 3.63) is 55.7 Å². The van der Waals surface area contributed by atoms with Gasteiger partial charge in [0.15, 0.2) is 0 Å². The number of aromatic nitrogens is 2. The summed E-state index contributed by atoms with van der Waals surface area (Å²) in [6, 6.07) is 5.78. The number of nitrogens with one attached hydrogen (secondary N) is 2. The van der Waals surface area contributed by atoms with E-state index in [4.69, 9.17) is 4.74 Å². The topological polar surface area (TPSA) is 75.0 Å². The van der Waals surface area contributed by atoms with Gasteiger partial charge >= 0.3 is 5.69 Å². The number of aromatic amines is 2. The third-order valence-corrected chi connectivity index (χ3v) is 3.22. The van der Waals surface area contributed by atoms with E-state index in [0.717, 1.165) is 11.1 Å². The van der Waals surface area contributed by atoms with Crippen molar-refractivity contribution >= 4 is 0 Å². The molecule has 0 amide bonds. The average Bonchev–Trinajstić information content (AvgIpc) is 2.29. The maximum absolute atomic E-state index is 11.8. The van der Waals surface area contributed by atoms with Crippen molar-refractivity contribution in [2.75, 3.05) is 0 Å². The number of H-pyrrole nitrogens is 2. The third kappa shape index (κ3) is 1.48. The summed E-state index contributed by atoms with van der Waals surface area (Å²) in [7, 11) is 0. The van der Waals surface area contributed by atoms with Gasteiger partial charge in [0.25, 0.3) is 5.56 Å². The highest BCUT2D eigenvalue weighted by Gasteiger charge is 2.27. The Morgan fingerprint density at radius 2 is 2.00 bits per heavy atom. The van der Waals surface area contributed by atoms with Gasteiger partial charge in [-0.15, -0.1) is 0 Å². The Morgan fingerprint density at radius 3 is 2.78 bits per heavy atom. The maximum Gasteiger partial charge on any atom is 0.328 e. The summed E-state index contributed by atoms with van der Waals surface area (Å²) in [6.45, 7) is 3.91. The lowest BCUT2D eigenvalue weighted by atomic mass is 9.91. The molecule has 2 heterocycles. The van der Waals surface area contributed by atoms with E-state index in [2.05, 4.69) is 9.97 Å². The van der Waals surface area contributed by atoms with Crippen molar-refractivity contribution in [2.45, 2.75) is 19.8 Å². The number of benzene rings is 1. The number of hydrogen-bond acceptors (Lipinski definition) is 3. The van der Waals surface area contributed by atoms with Crippen LogP contribution in [-0.2, 0) is 0 Å². The summed E-state index contributed by atoms with van der Waals surface area (Å²) in [5, 5.41) is 0. The van der Waals surface area contributed by atoms with E-state index in [-0.39, 0.29) is 11.8 Å². The first kappa shape index (κ1) is 10.8. The van der Waals surface area contributed by atoms with E-state index in [9.17, 15) is 9.59 Å². The van der Waals surface area contributed by atoms with Gasteiger partial charge < -0.3 is 4.74 Å². The predicted octanol–water partition coefficient (Wildman–Crippen LogP) is 1.63. The van der Waals surface area contributed by atoms with Crippen molar-refractivity contribution in [2.24, 2.45) is 0 Å². The van der Waals surface area contributed by atoms with Gasteiger partial charge in [-0.05, 0) is 13.0 Å². The van der Waals surface area contributed by atoms with Gasteiger partial charge in [-0.25, -0.2) is 4.79 Å². The van der Waals surface area contributed by atoms with Crippen LogP contribution in [-0.4, -0.2) is 9.97 Å². The molecule has 1 aliphatic rings. The molecule has 1 aromatic carbocycles. The molecule has 1 unspecified atom stereocenters. The Labute approximate surface area is 102 Å². The van der Waals surface area contributed by atoms with E-state index in [0.29, 0.717) is 11.3 Å². The van der Waals surface area contributed by atoms with Crippen molar-refractivity contribution in [1.29, 1.82) is 0 Å². The molecule has 0 saturated heterocycles. The molecule has 5 heteroatoms. The van der Waals surface area contributed by atoms with Crippen LogP contribution < -0.4 is 16.0 Å². The molecular weight excluding hydrogens is 232 g/mol. The second-order valence-corrected chi connectivity index (χ2v) is 4.52. The van der Waals surface area contributed by atoms with E-state index in [1.54, 1.807) is 0 Å². The van der Waals surface area contributed by atoms with Crippen LogP contribution in [0.4, 0.5) is 0 Å². The summed E-state index contributed by atoms with van der Waals surface area (Å²) in [5.41, 5.74) is 1.58. The van der Waals surface area contributed by atoms with Crippen LogP contribution in [0.1, 0.15) is 29.5 Å². The molecule has 0 spiro atoms. The molecule has 92 valence electrons. The quantitative estimate of drug-likeness (QED) is 0.739. The second kappa shape index (κ2) is 3.60. The van der Waals surface area contributed by atoms with Crippen LogP contribution in [0.3, 0.4) is 0 Å². The molecule has 0 fully saturated rings. The zero-order valence-corrected chi connectivity index (χ0v) is 10.0. The number of hydrogen-bond donors (Lipinski definition) is 2. The molecule has 0 saturated carbocycles. The minimum absolute atomic E-state index is 0.107. The van der Waals surface area contributed by atoms with Crippen molar-refractivity contribution < 1.29 is 4.74 Å². The minimum atomic E-state index is -0.554. The Morgan fingerprint density at radius 1 is 1.22 bits per heavy atom. The van der Waals surface area contributed by atoms with E-state index in [1.807, 2.05) is 32.0 Å². The van der Waals surface area contributed by atoms with E-state index < -0.39 is 11.2 Å². The smallest absolute Gasteiger partial charge is 0.328 e. The molecule has 1 atom stereocenters. The molecule has 1 aromatic heterocycles. The largest absolute Gasteiger partial charge is 0.440 e. The first-order chi connectivity index (χ1) is 8.56. The molecule has 18 heavy (non-hydrogen) atoms. The average molecular weight is 244 g/mol. The fourth-order valence-electron chi connectivity index (χ4n) is 2.31. The zero-order chi connectivity index (χ0) is 12.9. The van der Waals surface area contributed by atoms with Crippen LogP contribution in [0.25, 0.3) is 0 Å². The standard InChI is InChI=1S/C13H12N2O3/c1-6-3-4-9-8(5-6)7(2)10-11(16)14-13(17)15-12(10)18-9/h3-5,7H,1-2H3,(H2,14,15,16,17). The van der Waals surface area contributed by atoms with Crippen LogP contribution >= 0.6 is 0 Å². The molecular formula is C13H12N2O3. The summed E-state index contributed by atoms with van der Waals surface area (Å²) in [4.78, 5) is 27.8. The highest BCUT2D eigenvalue weighted by molar-refractivity contribution is 5.50. The first-order valence-corrected chi connectivity index (χ1v) is 5.71. The zero-order valence-electron chi connectivity index (χ0n) is 10.0. The fraction of sp³-hybridized carbons (Fsp3) is 0.231. The summed E-state index contributed by atoms with van der Waals surface area (Å²) in [5.74, 6) is 0.818. The molecule has 3 rings (SSSR count). The van der Waals surface area contributed by atoms with E-state index >= 15 is 0 Å². The third-order valence-electron chi connectivity index (χ3n) is 3.22. The molecule has 5 nitrogen and oxygen atoms in total. The first-order valence-electron chi connectivity index (χ1n) is 5.71. The van der Waals surface area contributed by atoms with Gasteiger partial charge in [-0.1, -0.05) is 24.6 Å². The summed E-state index contributed by atoms with van der Waals surface area (Å²) in [6.07, 6.45) is 0. The normalized spacial score (nSPS) is 16.7. The maximum atomic E-state index is 11.8. The number of rotatable bonds is 0. The monoisotopic (exact) mass is 244 g/mol. The van der Waals surface area contributed by atoms with Crippen LogP contribution in [0.5, 0.6) is 11.6 Å². The Balaban J connectivity index is 2.28. The molecule has 2 aromatic rings. The van der Waals surface area contributed by atoms with Gasteiger partial charge in [0.05, 0.1) is 5.56 Å². The van der Waals surface area contributed by atoms with Crippen LogP contribution in [0, 0.1) is 6.92 Å². The minimum Gasteiger partial charge on any atom is -0.440 e. The molecule has 2 N–H and O–H groups in total. The van der Waals surface area contributed by atoms with E-state index in [1.165, 1.54) is 0 Å². The van der Waals surface area contributed by atoms with Gasteiger partial charge in [0.2, 0.25) is 5.88 Å². The highest BCUT2D eigenvalue weighted by atomic mass is 16.5. The predicted molar refractivity (Wildman–Crippen MR) is 66.5 cm³/mol. The second-order valence-electron chi connectivity index (χ2n) is 4.52. The fourth-order valence-corrected chi connectivity index (χ4v) is 2.31. The van der Waals surface area contributed by atoms with Crippen molar-refractivity contribution in [1.82, 2.24) is 9.97 Å². The lowest BCUT2D eigenvalue weighted by Crippen LogP contribution is -2.29. The highest BCUT2D eigenvalue weighted by Crippen LogP contribution is 2.40. The van der Waals surface area contributed by atoms with Crippen molar-refractivity contribution in [3.8, 4) is 11.6 Å². The summed E-state index contributed by atoms with van der Waals surface area (Å²) < 4.78 is 5.59. The number of fused-ring (bicyclic) bond motifs is 2.